The molecule has 0 saturated carbocycles. The second-order valence-electron chi connectivity index (χ2n) is 8.69. The van der Waals surface area contributed by atoms with Crippen molar-refractivity contribution in [3.05, 3.63) is 71.0 Å². The van der Waals surface area contributed by atoms with Crippen LogP contribution in [-0.2, 0) is 9.59 Å². The largest absolute Gasteiger partial charge is 0.503 e. The van der Waals surface area contributed by atoms with Crippen LogP contribution in [0.2, 0.25) is 0 Å². The molecule has 0 aliphatic carbocycles. The van der Waals surface area contributed by atoms with Gasteiger partial charge in [-0.25, -0.2) is 0 Å². The molecule has 1 unspecified atom stereocenters. The van der Waals surface area contributed by atoms with E-state index < -0.39 is 23.1 Å². The third-order valence-electron chi connectivity index (χ3n) is 5.26. The van der Waals surface area contributed by atoms with Crippen molar-refractivity contribution in [3.8, 4) is 0 Å². The number of amides is 1. The highest BCUT2D eigenvalue weighted by Crippen LogP contribution is 2.44. The Morgan fingerprint density at radius 2 is 1.62 bits per heavy atom. The molecule has 0 saturated heterocycles. The maximum absolute atomic E-state index is 13.2. The van der Waals surface area contributed by atoms with Crippen molar-refractivity contribution >= 4 is 23.1 Å². The summed E-state index contributed by atoms with van der Waals surface area (Å²) in [6.07, 6.45) is 0. The minimum Gasteiger partial charge on any atom is -0.503 e. The van der Waals surface area contributed by atoms with E-state index in [9.17, 15) is 14.7 Å². The van der Waals surface area contributed by atoms with Gasteiger partial charge in [-0.05, 0) is 42.3 Å². The molecule has 152 valence electrons. The molecule has 1 aliphatic rings. The van der Waals surface area contributed by atoms with Crippen LogP contribution in [0.25, 0.3) is 0 Å². The highest BCUT2D eigenvalue weighted by Gasteiger charge is 2.47. The Morgan fingerprint density at radius 3 is 2.14 bits per heavy atom. The number of aryl methyl sites for hydroxylation is 1. The molecule has 1 amide bonds. The first kappa shape index (κ1) is 20.6. The number of carbonyl (C=O) groups is 2. The van der Waals surface area contributed by atoms with E-state index in [2.05, 4.69) is 0 Å². The maximum Gasteiger partial charge on any atom is 0.294 e. The van der Waals surface area contributed by atoms with Crippen LogP contribution in [0.5, 0.6) is 0 Å². The first-order valence-electron chi connectivity index (χ1n) is 9.68. The summed E-state index contributed by atoms with van der Waals surface area (Å²) in [5.41, 5.74) is 2.85. The van der Waals surface area contributed by atoms with Crippen LogP contribution in [0.3, 0.4) is 0 Å². The van der Waals surface area contributed by atoms with E-state index >= 15 is 0 Å². The highest BCUT2D eigenvalue weighted by molar-refractivity contribution is 6.17. The zero-order valence-electron chi connectivity index (χ0n) is 17.9. The lowest BCUT2D eigenvalue weighted by Gasteiger charge is -2.30. The lowest BCUT2D eigenvalue weighted by Crippen LogP contribution is -2.33. The third kappa shape index (κ3) is 3.65. The topological polar surface area (TPSA) is 60.9 Å². The predicted molar refractivity (Wildman–Crippen MR) is 116 cm³/mol. The quantitative estimate of drug-likeness (QED) is 0.828. The van der Waals surface area contributed by atoms with E-state index in [1.54, 1.807) is 20.8 Å². The summed E-state index contributed by atoms with van der Waals surface area (Å²) in [6.45, 7) is 7.33. The average molecular weight is 392 g/mol. The summed E-state index contributed by atoms with van der Waals surface area (Å²) in [5.74, 6) is -1.25. The van der Waals surface area contributed by atoms with Gasteiger partial charge in [0.15, 0.2) is 11.5 Å². The summed E-state index contributed by atoms with van der Waals surface area (Å²) in [6, 6.07) is 14.5. The highest BCUT2D eigenvalue weighted by atomic mass is 16.3. The smallest absolute Gasteiger partial charge is 0.294 e. The Morgan fingerprint density at radius 1 is 1.03 bits per heavy atom. The van der Waals surface area contributed by atoms with Crippen molar-refractivity contribution in [2.45, 2.75) is 33.7 Å². The van der Waals surface area contributed by atoms with Crippen molar-refractivity contribution in [1.82, 2.24) is 0 Å². The van der Waals surface area contributed by atoms with Crippen molar-refractivity contribution < 1.29 is 14.7 Å². The van der Waals surface area contributed by atoms with E-state index in [-0.39, 0.29) is 11.4 Å². The second kappa shape index (κ2) is 7.39. The molecule has 0 radical (unpaired) electrons. The average Bonchev–Trinajstić information content (AvgIpc) is 2.92. The number of ketones is 1. The fourth-order valence-electron chi connectivity index (χ4n) is 3.61. The minimum absolute atomic E-state index is 0.161. The molecule has 0 bridgehead atoms. The standard InChI is InChI=1S/C24H28N2O3/c1-15-9-7-8-10-18(15)20-19(22(28)24(2,3)4)21(27)23(29)26(20)17-13-11-16(12-14-17)25(5)6/h7-14,20,27H,1-6H3. The van der Waals surface area contributed by atoms with E-state index in [1.165, 1.54) is 4.90 Å². The number of Topliss-reactive ketones (excluding diaryl/α,β-unsaturated/α-hetero) is 1. The van der Waals surface area contributed by atoms with Gasteiger partial charge in [0.25, 0.3) is 5.91 Å². The molecular weight excluding hydrogens is 364 g/mol. The molecule has 1 N–H and O–H groups in total. The summed E-state index contributed by atoms with van der Waals surface area (Å²) in [7, 11) is 3.89. The van der Waals surface area contributed by atoms with Gasteiger partial charge in [0, 0.05) is 30.9 Å². The number of aliphatic hydroxyl groups excluding tert-OH is 1. The molecule has 5 heteroatoms. The fraction of sp³-hybridized carbons (Fsp3) is 0.333. The van der Waals surface area contributed by atoms with Crippen molar-refractivity contribution in [3.63, 3.8) is 0 Å². The summed E-state index contributed by atoms with van der Waals surface area (Å²) >= 11 is 0. The Hall–Kier alpha value is -3.08. The molecule has 2 aromatic rings. The number of hydrogen-bond donors (Lipinski definition) is 1. The monoisotopic (exact) mass is 392 g/mol. The van der Waals surface area contributed by atoms with Crippen LogP contribution >= 0.6 is 0 Å². The van der Waals surface area contributed by atoms with Crippen LogP contribution < -0.4 is 9.80 Å². The first-order chi connectivity index (χ1) is 13.5. The van der Waals surface area contributed by atoms with E-state index in [0.717, 1.165) is 16.8 Å². The van der Waals surface area contributed by atoms with Crippen LogP contribution in [0.1, 0.15) is 37.9 Å². The van der Waals surface area contributed by atoms with Gasteiger partial charge in [-0.3, -0.25) is 14.5 Å². The Balaban J connectivity index is 2.19. The number of hydrogen-bond acceptors (Lipinski definition) is 4. The lowest BCUT2D eigenvalue weighted by atomic mass is 9.81. The van der Waals surface area contributed by atoms with Gasteiger partial charge >= 0.3 is 0 Å². The van der Waals surface area contributed by atoms with Crippen LogP contribution in [0, 0.1) is 12.3 Å². The first-order valence-corrected chi connectivity index (χ1v) is 9.68. The normalized spacial score (nSPS) is 17.1. The van der Waals surface area contributed by atoms with E-state index in [1.807, 2.05) is 74.4 Å². The van der Waals surface area contributed by atoms with Crippen LogP contribution in [-0.4, -0.2) is 30.9 Å². The molecule has 1 atom stereocenters. The molecule has 1 aliphatic heterocycles. The molecule has 0 fully saturated rings. The van der Waals surface area contributed by atoms with Crippen LogP contribution in [0.4, 0.5) is 11.4 Å². The number of rotatable bonds is 4. The zero-order chi connectivity index (χ0) is 21.5. The SMILES string of the molecule is Cc1ccccc1C1C(C(=O)C(C)(C)C)=C(O)C(=O)N1c1ccc(N(C)C)cc1. The summed E-state index contributed by atoms with van der Waals surface area (Å²) in [4.78, 5) is 29.8. The lowest BCUT2D eigenvalue weighted by molar-refractivity contribution is -0.123. The molecule has 29 heavy (non-hydrogen) atoms. The Labute approximate surface area is 172 Å². The molecule has 5 nitrogen and oxygen atoms in total. The predicted octanol–water partition coefficient (Wildman–Crippen LogP) is 4.58. The molecular formula is C24H28N2O3. The molecule has 0 spiro atoms. The van der Waals surface area contributed by atoms with Crippen molar-refractivity contribution in [1.29, 1.82) is 0 Å². The summed E-state index contributed by atoms with van der Waals surface area (Å²) < 4.78 is 0. The molecule has 0 aromatic heterocycles. The molecule has 2 aromatic carbocycles. The van der Waals surface area contributed by atoms with Gasteiger partial charge in [0.2, 0.25) is 0 Å². The molecule has 3 rings (SSSR count). The van der Waals surface area contributed by atoms with Gasteiger partial charge < -0.3 is 10.0 Å². The van der Waals surface area contributed by atoms with Gasteiger partial charge in [0.1, 0.15) is 0 Å². The Bertz CT molecular complexity index is 982. The van der Waals surface area contributed by atoms with Gasteiger partial charge in [0.05, 0.1) is 11.6 Å². The van der Waals surface area contributed by atoms with Gasteiger partial charge in [-0.1, -0.05) is 45.0 Å². The Kier molecular flexibility index (Phi) is 5.26. The van der Waals surface area contributed by atoms with Crippen LogP contribution in [0.15, 0.2) is 59.9 Å². The maximum atomic E-state index is 13.2. The fourth-order valence-corrected chi connectivity index (χ4v) is 3.61. The van der Waals surface area contributed by atoms with E-state index in [0.29, 0.717) is 5.69 Å². The van der Waals surface area contributed by atoms with Crippen molar-refractivity contribution in [2.24, 2.45) is 5.41 Å². The second-order valence-corrected chi connectivity index (χ2v) is 8.69. The van der Waals surface area contributed by atoms with E-state index in [4.69, 9.17) is 0 Å². The minimum atomic E-state index is -0.727. The third-order valence-corrected chi connectivity index (χ3v) is 5.26. The van der Waals surface area contributed by atoms with Gasteiger partial charge in [-0.2, -0.15) is 0 Å². The number of nitrogens with zero attached hydrogens (tertiary/aromatic N) is 2. The number of aliphatic hydroxyl groups is 1. The molecule has 1 heterocycles. The van der Waals surface area contributed by atoms with Crippen molar-refractivity contribution in [2.75, 3.05) is 23.9 Å². The number of anilines is 2. The van der Waals surface area contributed by atoms with Gasteiger partial charge in [-0.15, -0.1) is 0 Å². The zero-order valence-corrected chi connectivity index (χ0v) is 17.9. The summed E-state index contributed by atoms with van der Waals surface area (Å²) in [5, 5.41) is 10.7. The number of carbonyl (C=O) groups excluding carboxylic acids is 2. The number of benzene rings is 2.